The van der Waals surface area contributed by atoms with Gasteiger partial charge in [-0.25, -0.2) is 13.2 Å². The molecule has 32 heavy (non-hydrogen) atoms. The first-order valence-corrected chi connectivity index (χ1v) is 12.0. The lowest BCUT2D eigenvalue weighted by atomic mass is 9.97. The molecule has 0 unspecified atom stereocenters. The summed E-state index contributed by atoms with van der Waals surface area (Å²) >= 11 is 0. The molecule has 0 saturated carbocycles. The number of methoxy groups -OCH3 is 1. The van der Waals surface area contributed by atoms with Gasteiger partial charge in [0.1, 0.15) is 12.1 Å². The van der Waals surface area contributed by atoms with Crippen LogP contribution in [0.25, 0.3) is 0 Å². The van der Waals surface area contributed by atoms with Crippen molar-refractivity contribution in [3.05, 3.63) is 34.4 Å². The standard InChI is InChI=1S/C21H31N3O7S/c1-14(2)12-17-20(25)22(18(13-15(3)4)21(26)31-5)10-11-23(17)32(29,30)19-9-7-6-8-16(19)24(27)28/h6-9,14-15,17-18H,10-13H2,1-5H3/t17-,18-/m0/s1. The quantitative estimate of drug-likeness (QED) is 0.309. The van der Waals surface area contributed by atoms with Crippen LogP contribution < -0.4 is 0 Å². The molecule has 2 atom stereocenters. The van der Waals surface area contributed by atoms with E-state index in [-0.39, 0.29) is 31.3 Å². The Hall–Kier alpha value is -2.53. The van der Waals surface area contributed by atoms with E-state index in [1.165, 1.54) is 30.2 Å². The Balaban J connectivity index is 2.50. The van der Waals surface area contributed by atoms with Crippen molar-refractivity contribution in [1.82, 2.24) is 9.21 Å². The molecular weight excluding hydrogens is 438 g/mol. The molecule has 1 heterocycles. The Bertz CT molecular complexity index is 962. The summed E-state index contributed by atoms with van der Waals surface area (Å²) < 4.78 is 32.8. The van der Waals surface area contributed by atoms with E-state index in [1.54, 1.807) is 0 Å². The number of nitro benzene ring substituents is 1. The van der Waals surface area contributed by atoms with Gasteiger partial charge in [-0.3, -0.25) is 14.9 Å². The van der Waals surface area contributed by atoms with Gasteiger partial charge in [-0.05, 0) is 30.7 Å². The van der Waals surface area contributed by atoms with E-state index in [2.05, 4.69) is 0 Å². The molecule has 0 aliphatic carbocycles. The number of carbonyl (C=O) groups is 2. The molecule has 1 amide bonds. The molecule has 1 aromatic rings. The predicted molar refractivity (Wildman–Crippen MR) is 117 cm³/mol. The number of rotatable bonds is 9. The highest BCUT2D eigenvalue weighted by Gasteiger charge is 2.46. The molecule has 178 valence electrons. The van der Waals surface area contributed by atoms with Gasteiger partial charge in [-0.1, -0.05) is 39.8 Å². The number of amides is 1. The van der Waals surface area contributed by atoms with Crippen LogP contribution in [0, 0.1) is 22.0 Å². The number of benzene rings is 1. The van der Waals surface area contributed by atoms with Gasteiger partial charge in [0.2, 0.25) is 5.91 Å². The van der Waals surface area contributed by atoms with Crippen LogP contribution in [0.15, 0.2) is 29.2 Å². The second-order valence-corrected chi connectivity index (χ2v) is 10.5. The monoisotopic (exact) mass is 469 g/mol. The summed E-state index contributed by atoms with van der Waals surface area (Å²) in [7, 11) is -3.08. The number of hydrogen-bond acceptors (Lipinski definition) is 7. The smallest absolute Gasteiger partial charge is 0.328 e. The van der Waals surface area contributed by atoms with E-state index >= 15 is 0 Å². The Morgan fingerprint density at radius 2 is 1.81 bits per heavy atom. The Kier molecular flexibility index (Phi) is 8.35. The van der Waals surface area contributed by atoms with Crippen molar-refractivity contribution in [2.45, 2.75) is 57.5 Å². The summed E-state index contributed by atoms with van der Waals surface area (Å²) in [5.41, 5.74) is -0.544. The first-order valence-electron chi connectivity index (χ1n) is 10.5. The van der Waals surface area contributed by atoms with Crippen LogP contribution in [0.2, 0.25) is 0 Å². The van der Waals surface area contributed by atoms with Crippen LogP contribution in [0.4, 0.5) is 5.69 Å². The average molecular weight is 470 g/mol. The number of esters is 1. The Morgan fingerprint density at radius 3 is 2.34 bits per heavy atom. The summed E-state index contributed by atoms with van der Waals surface area (Å²) in [4.78, 5) is 37.5. The molecule has 10 nitrogen and oxygen atoms in total. The SMILES string of the molecule is COC(=O)[C@H](CC(C)C)N1CCN(S(=O)(=O)c2ccccc2[N+](=O)[O-])[C@@H](CC(C)C)C1=O. The molecule has 0 spiro atoms. The molecular formula is C21H31N3O7S. The van der Waals surface area contributed by atoms with E-state index in [1.807, 2.05) is 27.7 Å². The second kappa shape index (κ2) is 10.4. The zero-order valence-corrected chi connectivity index (χ0v) is 19.9. The first-order chi connectivity index (χ1) is 14.9. The highest BCUT2D eigenvalue weighted by Crippen LogP contribution is 2.32. The lowest BCUT2D eigenvalue weighted by Gasteiger charge is -2.43. The van der Waals surface area contributed by atoms with E-state index < -0.39 is 49.5 Å². The summed E-state index contributed by atoms with van der Waals surface area (Å²) in [5.74, 6) is -0.980. The van der Waals surface area contributed by atoms with Crippen molar-refractivity contribution in [3.63, 3.8) is 0 Å². The predicted octanol–water partition coefficient (Wildman–Crippen LogP) is 2.43. The van der Waals surface area contributed by atoms with Crippen molar-refractivity contribution < 1.29 is 27.7 Å². The minimum Gasteiger partial charge on any atom is -0.467 e. The minimum absolute atomic E-state index is 0.0141. The van der Waals surface area contributed by atoms with Gasteiger partial charge in [0.25, 0.3) is 15.7 Å². The fraction of sp³-hybridized carbons (Fsp3) is 0.619. The number of para-hydroxylation sites is 1. The van der Waals surface area contributed by atoms with Gasteiger partial charge in [0.15, 0.2) is 4.90 Å². The van der Waals surface area contributed by atoms with Gasteiger partial charge in [0.05, 0.1) is 12.0 Å². The summed E-state index contributed by atoms with van der Waals surface area (Å²) in [5, 5.41) is 11.4. The number of hydrogen-bond donors (Lipinski definition) is 0. The largest absolute Gasteiger partial charge is 0.467 e. The summed E-state index contributed by atoms with van der Waals surface area (Å²) in [6.07, 6.45) is 0.592. The molecule has 0 aromatic heterocycles. The summed E-state index contributed by atoms with van der Waals surface area (Å²) in [6.45, 7) is 7.45. The van der Waals surface area contributed by atoms with Crippen molar-refractivity contribution >= 4 is 27.6 Å². The zero-order valence-electron chi connectivity index (χ0n) is 19.1. The fourth-order valence-electron chi connectivity index (χ4n) is 3.93. The average Bonchev–Trinajstić information content (AvgIpc) is 2.72. The highest BCUT2D eigenvalue weighted by atomic mass is 32.2. The Morgan fingerprint density at radius 1 is 1.19 bits per heavy atom. The molecule has 1 saturated heterocycles. The molecule has 1 fully saturated rings. The van der Waals surface area contributed by atoms with Crippen LogP contribution in [0.3, 0.4) is 0 Å². The van der Waals surface area contributed by atoms with Crippen LogP contribution in [0.1, 0.15) is 40.5 Å². The van der Waals surface area contributed by atoms with Crippen LogP contribution in [-0.2, 0) is 24.3 Å². The van der Waals surface area contributed by atoms with Crippen molar-refractivity contribution in [3.8, 4) is 0 Å². The van der Waals surface area contributed by atoms with E-state index in [9.17, 15) is 28.1 Å². The van der Waals surface area contributed by atoms with Gasteiger partial charge in [-0.15, -0.1) is 0 Å². The number of sulfonamides is 1. The van der Waals surface area contributed by atoms with Crippen LogP contribution in [-0.4, -0.2) is 66.7 Å². The fourth-order valence-corrected chi connectivity index (χ4v) is 5.68. The van der Waals surface area contributed by atoms with Crippen LogP contribution in [0.5, 0.6) is 0 Å². The van der Waals surface area contributed by atoms with Gasteiger partial charge < -0.3 is 9.64 Å². The maximum atomic E-state index is 13.5. The molecule has 1 aliphatic heterocycles. The third-order valence-corrected chi connectivity index (χ3v) is 7.32. The normalized spacial score (nSPS) is 18.8. The van der Waals surface area contributed by atoms with E-state index in [0.29, 0.717) is 6.42 Å². The van der Waals surface area contributed by atoms with Gasteiger partial charge in [-0.2, -0.15) is 4.31 Å². The maximum absolute atomic E-state index is 13.5. The first kappa shape index (κ1) is 25.7. The molecule has 1 aromatic carbocycles. The maximum Gasteiger partial charge on any atom is 0.328 e. The van der Waals surface area contributed by atoms with Gasteiger partial charge in [0, 0.05) is 19.2 Å². The van der Waals surface area contributed by atoms with Gasteiger partial charge >= 0.3 is 5.97 Å². The molecule has 0 radical (unpaired) electrons. The lowest BCUT2D eigenvalue weighted by Crippen LogP contribution is -2.62. The number of nitrogens with zero attached hydrogens (tertiary/aromatic N) is 3. The number of carbonyl (C=O) groups excluding carboxylic acids is 2. The molecule has 2 rings (SSSR count). The third-order valence-electron chi connectivity index (χ3n) is 5.36. The number of ether oxygens (including phenoxy) is 1. The second-order valence-electron chi connectivity index (χ2n) is 8.69. The molecule has 11 heteroatoms. The third kappa shape index (κ3) is 5.44. The van der Waals surface area contributed by atoms with E-state index in [4.69, 9.17) is 4.74 Å². The number of piperazine rings is 1. The molecule has 1 aliphatic rings. The van der Waals surface area contributed by atoms with Crippen molar-refractivity contribution in [2.24, 2.45) is 11.8 Å². The highest BCUT2D eigenvalue weighted by molar-refractivity contribution is 7.89. The van der Waals surface area contributed by atoms with Crippen LogP contribution >= 0.6 is 0 Å². The minimum atomic E-state index is -4.34. The summed E-state index contributed by atoms with van der Waals surface area (Å²) in [6, 6.07) is 3.20. The lowest BCUT2D eigenvalue weighted by molar-refractivity contribution is -0.387. The topological polar surface area (TPSA) is 127 Å². The molecule has 0 N–H and O–H groups in total. The van der Waals surface area contributed by atoms with Crippen molar-refractivity contribution in [1.29, 1.82) is 0 Å². The Labute approximate surface area is 188 Å². The number of nitro groups is 1. The zero-order chi connectivity index (χ0) is 24.2. The van der Waals surface area contributed by atoms with E-state index in [0.717, 1.165) is 10.4 Å². The van der Waals surface area contributed by atoms with Crippen molar-refractivity contribution in [2.75, 3.05) is 20.2 Å². The molecule has 0 bridgehead atoms.